The molecule has 164 valence electrons. The molecule has 0 aliphatic heterocycles. The van der Waals surface area contributed by atoms with Gasteiger partial charge in [0.15, 0.2) is 5.65 Å². The lowest BCUT2D eigenvalue weighted by Crippen LogP contribution is -2.28. The maximum Gasteiger partial charge on any atom is 0.412 e. The number of hydrogen-bond acceptors (Lipinski definition) is 7. The zero-order chi connectivity index (χ0) is 22.8. The molecule has 0 bridgehead atoms. The van der Waals surface area contributed by atoms with Crippen molar-refractivity contribution in [2.45, 2.75) is 32.9 Å². The second kappa shape index (κ2) is 8.46. The molecule has 0 unspecified atom stereocenters. The van der Waals surface area contributed by atoms with E-state index in [-0.39, 0.29) is 12.1 Å². The Hall–Kier alpha value is -3.89. The number of nitrogens with zero attached hydrogens (tertiary/aromatic N) is 4. The fourth-order valence-corrected chi connectivity index (χ4v) is 2.83. The molecule has 2 amide bonds. The Balaban J connectivity index is 1.75. The van der Waals surface area contributed by atoms with Gasteiger partial charge in [-0.3, -0.25) is 24.2 Å². The van der Waals surface area contributed by atoms with Gasteiger partial charge in [-0.15, -0.1) is 0 Å². The summed E-state index contributed by atoms with van der Waals surface area (Å²) in [5, 5.41) is 9.62. The molecule has 31 heavy (non-hydrogen) atoms. The molecule has 2 N–H and O–H groups in total. The third-order valence-electron chi connectivity index (χ3n) is 4.15. The van der Waals surface area contributed by atoms with Crippen LogP contribution in [0.15, 0.2) is 35.5 Å². The molecule has 3 rings (SSSR count). The lowest BCUT2D eigenvalue weighted by molar-refractivity contribution is -0.116. The highest BCUT2D eigenvalue weighted by molar-refractivity contribution is 5.93. The number of methoxy groups -OCH3 is 1. The van der Waals surface area contributed by atoms with Gasteiger partial charge in [-0.05, 0) is 39.0 Å². The van der Waals surface area contributed by atoms with Crippen molar-refractivity contribution in [3.8, 4) is 5.75 Å². The van der Waals surface area contributed by atoms with Crippen molar-refractivity contribution in [3.63, 3.8) is 0 Å². The van der Waals surface area contributed by atoms with Crippen LogP contribution < -0.4 is 20.9 Å². The van der Waals surface area contributed by atoms with Crippen LogP contribution in [0, 0.1) is 0 Å². The van der Waals surface area contributed by atoms with Gasteiger partial charge in [-0.2, -0.15) is 5.10 Å². The molecule has 1 aromatic carbocycles. The number of fused-ring (bicyclic) bond motifs is 1. The van der Waals surface area contributed by atoms with Gasteiger partial charge >= 0.3 is 6.09 Å². The number of anilines is 2. The Labute approximate surface area is 178 Å². The average molecular weight is 428 g/mol. The van der Waals surface area contributed by atoms with Crippen molar-refractivity contribution in [3.05, 3.63) is 41.1 Å². The van der Waals surface area contributed by atoms with E-state index in [1.807, 2.05) is 0 Å². The van der Waals surface area contributed by atoms with Crippen LogP contribution in [-0.4, -0.2) is 44.0 Å². The minimum atomic E-state index is -0.667. The predicted octanol–water partition coefficient (Wildman–Crippen LogP) is 2.12. The minimum Gasteiger partial charge on any atom is -0.495 e. The highest BCUT2D eigenvalue weighted by Crippen LogP contribution is 2.28. The number of carbonyl (C=O) groups is 2. The van der Waals surface area contributed by atoms with E-state index >= 15 is 0 Å². The molecule has 0 saturated carbocycles. The number of ether oxygens (including phenoxy) is 2. The molecule has 0 spiro atoms. The molecule has 11 heteroatoms. The first-order valence-electron chi connectivity index (χ1n) is 9.42. The minimum absolute atomic E-state index is 0.239. The molecule has 0 fully saturated rings. The Morgan fingerprint density at radius 3 is 2.61 bits per heavy atom. The van der Waals surface area contributed by atoms with Crippen molar-refractivity contribution in [2.75, 3.05) is 17.7 Å². The third-order valence-corrected chi connectivity index (χ3v) is 4.15. The highest BCUT2D eigenvalue weighted by Gasteiger charge is 2.18. The fourth-order valence-electron chi connectivity index (χ4n) is 2.83. The molecule has 2 aromatic heterocycles. The number of aryl methyl sites for hydroxylation is 1. The van der Waals surface area contributed by atoms with Gasteiger partial charge in [0.2, 0.25) is 5.91 Å². The standard InChI is InChI=1S/C20H24N6O5/c1-20(2,3)31-19(29)24-14-8-12(6-7-15(14)30-5)23-16(27)10-26-11-21-17-13(18(26)28)9-22-25(17)4/h6-9,11H,10H2,1-5H3,(H,23,27)(H,24,29). The zero-order valence-corrected chi connectivity index (χ0v) is 17.9. The van der Waals surface area contributed by atoms with Gasteiger partial charge in [-0.25, -0.2) is 9.78 Å². The summed E-state index contributed by atoms with van der Waals surface area (Å²) < 4.78 is 13.2. The summed E-state index contributed by atoms with van der Waals surface area (Å²) in [5.74, 6) is -0.0492. The summed E-state index contributed by atoms with van der Waals surface area (Å²) in [5.41, 5.74) is 0.134. The number of amides is 2. The van der Waals surface area contributed by atoms with Gasteiger partial charge in [0.1, 0.15) is 29.6 Å². The van der Waals surface area contributed by atoms with Crippen LogP contribution in [0.2, 0.25) is 0 Å². The van der Waals surface area contributed by atoms with E-state index < -0.39 is 17.6 Å². The molecule has 3 aromatic rings. The second-order valence-electron chi connectivity index (χ2n) is 7.77. The quantitative estimate of drug-likeness (QED) is 0.637. The van der Waals surface area contributed by atoms with Crippen molar-refractivity contribution >= 4 is 34.4 Å². The molecule has 0 aliphatic rings. The molecule has 0 radical (unpaired) electrons. The first kappa shape index (κ1) is 21.8. The smallest absolute Gasteiger partial charge is 0.412 e. The number of carbonyl (C=O) groups excluding carboxylic acids is 2. The normalized spacial score (nSPS) is 11.3. The molecule has 0 aliphatic carbocycles. The van der Waals surface area contributed by atoms with Crippen LogP contribution in [0.3, 0.4) is 0 Å². The number of benzene rings is 1. The van der Waals surface area contributed by atoms with E-state index in [9.17, 15) is 14.4 Å². The summed E-state index contributed by atoms with van der Waals surface area (Å²) in [6.07, 6.45) is 2.06. The Bertz CT molecular complexity index is 1190. The van der Waals surface area contributed by atoms with Gasteiger partial charge in [0, 0.05) is 12.7 Å². The maximum absolute atomic E-state index is 12.5. The molecular formula is C20H24N6O5. The lowest BCUT2D eigenvalue weighted by atomic mass is 10.2. The number of rotatable bonds is 5. The first-order chi connectivity index (χ1) is 14.6. The Morgan fingerprint density at radius 1 is 1.19 bits per heavy atom. The second-order valence-corrected chi connectivity index (χ2v) is 7.77. The zero-order valence-electron chi connectivity index (χ0n) is 17.9. The fraction of sp³-hybridized carbons (Fsp3) is 0.350. The van der Waals surface area contributed by atoms with Crippen LogP contribution in [0.4, 0.5) is 16.2 Å². The molecule has 0 saturated heterocycles. The lowest BCUT2D eigenvalue weighted by Gasteiger charge is -2.20. The van der Waals surface area contributed by atoms with Crippen LogP contribution in [0.5, 0.6) is 5.75 Å². The largest absolute Gasteiger partial charge is 0.495 e. The van der Waals surface area contributed by atoms with Gasteiger partial charge in [0.05, 0.1) is 19.0 Å². The van der Waals surface area contributed by atoms with Gasteiger partial charge in [0.25, 0.3) is 5.56 Å². The van der Waals surface area contributed by atoms with E-state index in [1.54, 1.807) is 40.0 Å². The average Bonchev–Trinajstić information content (AvgIpc) is 3.04. The van der Waals surface area contributed by atoms with E-state index in [0.717, 1.165) is 0 Å². The summed E-state index contributed by atoms with van der Waals surface area (Å²) in [6.45, 7) is 5.01. The van der Waals surface area contributed by atoms with E-state index in [2.05, 4.69) is 20.7 Å². The Morgan fingerprint density at radius 2 is 1.94 bits per heavy atom. The van der Waals surface area contributed by atoms with Crippen molar-refractivity contribution < 1.29 is 19.1 Å². The number of hydrogen-bond donors (Lipinski definition) is 2. The summed E-state index contributed by atoms with van der Waals surface area (Å²) in [4.78, 5) is 41.3. The van der Waals surface area contributed by atoms with Crippen LogP contribution in [-0.2, 0) is 23.1 Å². The summed E-state index contributed by atoms with van der Waals surface area (Å²) in [6, 6.07) is 4.74. The van der Waals surface area contributed by atoms with E-state index in [1.165, 1.54) is 34.9 Å². The third kappa shape index (κ3) is 5.18. The SMILES string of the molecule is COc1ccc(NC(=O)Cn2cnc3c(cnn3C)c2=O)cc1NC(=O)OC(C)(C)C. The number of nitrogens with one attached hydrogen (secondary N) is 2. The topological polar surface area (TPSA) is 129 Å². The van der Waals surface area contributed by atoms with Crippen LogP contribution in [0.25, 0.3) is 11.0 Å². The predicted molar refractivity (Wildman–Crippen MR) is 114 cm³/mol. The van der Waals surface area contributed by atoms with Crippen LogP contribution in [0.1, 0.15) is 20.8 Å². The van der Waals surface area contributed by atoms with Crippen molar-refractivity contribution in [1.29, 1.82) is 0 Å². The highest BCUT2D eigenvalue weighted by atomic mass is 16.6. The van der Waals surface area contributed by atoms with E-state index in [4.69, 9.17) is 9.47 Å². The van der Waals surface area contributed by atoms with Crippen molar-refractivity contribution in [2.24, 2.45) is 7.05 Å². The van der Waals surface area contributed by atoms with E-state index in [0.29, 0.717) is 28.2 Å². The van der Waals surface area contributed by atoms with Gasteiger partial charge in [-0.1, -0.05) is 0 Å². The molecule has 0 atom stereocenters. The van der Waals surface area contributed by atoms with Crippen molar-refractivity contribution in [1.82, 2.24) is 19.3 Å². The van der Waals surface area contributed by atoms with Crippen LogP contribution >= 0.6 is 0 Å². The monoisotopic (exact) mass is 428 g/mol. The summed E-state index contributed by atoms with van der Waals surface area (Å²) >= 11 is 0. The molecule has 2 heterocycles. The maximum atomic E-state index is 12.5. The summed E-state index contributed by atoms with van der Waals surface area (Å²) in [7, 11) is 3.14. The van der Waals surface area contributed by atoms with Gasteiger partial charge < -0.3 is 14.8 Å². The Kier molecular flexibility index (Phi) is 5.95. The molecular weight excluding hydrogens is 404 g/mol. The number of aromatic nitrogens is 4. The first-order valence-corrected chi connectivity index (χ1v) is 9.42. The molecule has 11 nitrogen and oxygen atoms in total.